The summed E-state index contributed by atoms with van der Waals surface area (Å²) in [6.45, 7) is 3.10. The van der Waals surface area contributed by atoms with Crippen molar-refractivity contribution in [3.05, 3.63) is 54.0 Å². The zero-order chi connectivity index (χ0) is 17.9. The van der Waals surface area contributed by atoms with Crippen molar-refractivity contribution in [2.75, 3.05) is 5.32 Å². The van der Waals surface area contributed by atoms with E-state index in [2.05, 4.69) is 52.8 Å². The van der Waals surface area contributed by atoms with Crippen molar-refractivity contribution in [1.82, 2.24) is 10.2 Å². The first-order valence-electron chi connectivity index (χ1n) is 9.66. The van der Waals surface area contributed by atoms with E-state index in [4.69, 9.17) is 16.6 Å². The Morgan fingerprint density at radius 1 is 1.15 bits per heavy atom. The number of aryl methyl sites for hydroxylation is 1. The molecule has 4 nitrogen and oxygen atoms in total. The Balaban J connectivity index is 1.33. The number of para-hydroxylation sites is 1. The second-order valence-corrected chi connectivity index (χ2v) is 7.82. The molecule has 0 spiro atoms. The molecule has 2 aliphatic rings. The minimum atomic E-state index is 0.453. The van der Waals surface area contributed by atoms with Crippen LogP contribution < -0.4 is 10.6 Å². The van der Waals surface area contributed by atoms with Crippen molar-refractivity contribution in [1.29, 1.82) is 0 Å². The monoisotopic (exact) mass is 369 g/mol. The maximum absolute atomic E-state index is 5.59. The van der Waals surface area contributed by atoms with E-state index in [1.165, 1.54) is 18.4 Å². The molecule has 1 aromatic heterocycles. The van der Waals surface area contributed by atoms with Crippen LogP contribution in [0.4, 0.5) is 5.69 Å². The van der Waals surface area contributed by atoms with Crippen LogP contribution in [0.15, 0.2) is 47.1 Å². The topological polar surface area (TPSA) is 40.4 Å². The smallest absolute Gasteiger partial charge is 0.171 e. The SMILES string of the molecule is CCc1ccccc1NC(=S)NC1C[C@@H]2CC[C@@H](C1)N2Cc1ccco1. The van der Waals surface area contributed by atoms with Crippen LogP contribution in [0.5, 0.6) is 0 Å². The molecule has 2 N–H and O–H groups in total. The Kier molecular flexibility index (Phi) is 5.27. The molecule has 2 atom stereocenters. The highest BCUT2D eigenvalue weighted by atomic mass is 32.1. The summed E-state index contributed by atoms with van der Waals surface area (Å²) in [7, 11) is 0. The van der Waals surface area contributed by atoms with E-state index in [1.54, 1.807) is 6.26 Å². The number of anilines is 1. The highest BCUT2D eigenvalue weighted by Crippen LogP contribution is 2.37. The average molecular weight is 370 g/mol. The summed E-state index contributed by atoms with van der Waals surface area (Å²) in [6, 6.07) is 14.1. The summed E-state index contributed by atoms with van der Waals surface area (Å²) < 4.78 is 5.55. The number of nitrogens with zero attached hydrogens (tertiary/aromatic N) is 1. The molecule has 5 heteroatoms. The van der Waals surface area contributed by atoms with Crippen LogP contribution in [-0.2, 0) is 13.0 Å². The van der Waals surface area contributed by atoms with Gasteiger partial charge in [-0.25, -0.2) is 0 Å². The number of fused-ring (bicyclic) bond motifs is 2. The Morgan fingerprint density at radius 2 is 1.92 bits per heavy atom. The van der Waals surface area contributed by atoms with Gasteiger partial charge in [0.1, 0.15) is 5.76 Å². The van der Waals surface area contributed by atoms with Gasteiger partial charge in [0, 0.05) is 23.8 Å². The molecule has 2 aliphatic heterocycles. The molecule has 0 unspecified atom stereocenters. The van der Waals surface area contributed by atoms with E-state index in [1.807, 2.05) is 6.07 Å². The minimum absolute atomic E-state index is 0.453. The molecule has 4 rings (SSSR count). The predicted octanol–water partition coefficient (Wildman–Crippen LogP) is 4.32. The number of rotatable bonds is 5. The number of nitrogens with one attached hydrogen (secondary N) is 2. The third kappa shape index (κ3) is 3.79. The van der Waals surface area contributed by atoms with E-state index in [0.717, 1.165) is 42.4 Å². The molecule has 0 saturated carbocycles. The summed E-state index contributed by atoms with van der Waals surface area (Å²) >= 11 is 5.59. The summed E-state index contributed by atoms with van der Waals surface area (Å²) in [4.78, 5) is 2.62. The zero-order valence-corrected chi connectivity index (χ0v) is 16.1. The van der Waals surface area contributed by atoms with Gasteiger partial charge in [0.25, 0.3) is 0 Å². The van der Waals surface area contributed by atoms with Crippen molar-refractivity contribution >= 4 is 23.0 Å². The van der Waals surface area contributed by atoms with E-state index in [9.17, 15) is 0 Å². The highest BCUT2D eigenvalue weighted by Gasteiger charge is 2.41. The van der Waals surface area contributed by atoms with E-state index in [0.29, 0.717) is 18.1 Å². The van der Waals surface area contributed by atoms with E-state index in [-0.39, 0.29) is 0 Å². The maximum atomic E-state index is 5.59. The van der Waals surface area contributed by atoms with E-state index >= 15 is 0 Å². The van der Waals surface area contributed by atoms with Crippen LogP contribution in [-0.4, -0.2) is 28.1 Å². The van der Waals surface area contributed by atoms with Crippen molar-refractivity contribution < 1.29 is 4.42 Å². The van der Waals surface area contributed by atoms with Crippen molar-refractivity contribution in [3.8, 4) is 0 Å². The standard InChI is InChI=1S/C21H27N3OS/c1-2-15-6-3-4-8-20(15)23-21(26)22-16-12-17-9-10-18(13-16)24(17)14-19-7-5-11-25-19/h3-8,11,16-18H,2,9-10,12-14H2,1H3,(H2,22,23,26)/t17-,18-/m0/s1. The third-order valence-corrected chi connectivity index (χ3v) is 6.00. The lowest BCUT2D eigenvalue weighted by molar-refractivity contribution is 0.106. The maximum Gasteiger partial charge on any atom is 0.171 e. The van der Waals surface area contributed by atoms with E-state index < -0.39 is 0 Å². The van der Waals surface area contributed by atoms with Crippen LogP contribution in [0.3, 0.4) is 0 Å². The normalized spacial score (nSPS) is 25.2. The Hall–Kier alpha value is -1.85. The molecule has 0 radical (unpaired) electrons. The first kappa shape index (κ1) is 17.6. The molecule has 138 valence electrons. The Morgan fingerprint density at radius 3 is 2.62 bits per heavy atom. The molecule has 1 aromatic carbocycles. The highest BCUT2D eigenvalue weighted by molar-refractivity contribution is 7.80. The zero-order valence-electron chi connectivity index (χ0n) is 15.3. The average Bonchev–Trinajstić information content (AvgIpc) is 3.22. The summed E-state index contributed by atoms with van der Waals surface area (Å²) in [5.74, 6) is 1.07. The van der Waals surface area contributed by atoms with Crippen LogP contribution in [0.25, 0.3) is 0 Å². The van der Waals surface area contributed by atoms with Gasteiger partial charge in [0.05, 0.1) is 12.8 Å². The van der Waals surface area contributed by atoms with Crippen LogP contribution in [0, 0.1) is 0 Å². The van der Waals surface area contributed by atoms with Crippen molar-refractivity contribution in [2.24, 2.45) is 0 Å². The minimum Gasteiger partial charge on any atom is -0.468 e. The summed E-state index contributed by atoms with van der Waals surface area (Å²) in [6.07, 6.45) is 7.62. The molecule has 3 heterocycles. The van der Waals surface area contributed by atoms with Gasteiger partial charge in [-0.15, -0.1) is 0 Å². The number of furan rings is 1. The molecule has 2 aromatic rings. The number of benzene rings is 1. The Labute approximate surface area is 161 Å². The van der Waals surface area contributed by atoms with Crippen molar-refractivity contribution in [3.63, 3.8) is 0 Å². The quantitative estimate of drug-likeness (QED) is 0.768. The van der Waals surface area contributed by atoms with Crippen LogP contribution >= 0.6 is 12.2 Å². The third-order valence-electron chi connectivity index (χ3n) is 5.78. The molecule has 2 bridgehead atoms. The summed E-state index contributed by atoms with van der Waals surface area (Å²) in [5.41, 5.74) is 2.41. The second kappa shape index (κ2) is 7.80. The number of piperidine rings is 1. The lowest BCUT2D eigenvalue weighted by Gasteiger charge is -2.39. The fourth-order valence-corrected chi connectivity index (χ4v) is 4.80. The van der Waals surface area contributed by atoms with Gasteiger partial charge in [-0.2, -0.15) is 0 Å². The molecule has 2 saturated heterocycles. The van der Waals surface area contributed by atoms with Crippen LogP contribution in [0.1, 0.15) is 43.9 Å². The van der Waals surface area contributed by atoms with Crippen LogP contribution in [0.2, 0.25) is 0 Å². The fourth-order valence-electron chi connectivity index (χ4n) is 4.53. The molecule has 26 heavy (non-hydrogen) atoms. The van der Waals surface area contributed by atoms with Gasteiger partial charge >= 0.3 is 0 Å². The second-order valence-electron chi connectivity index (χ2n) is 7.41. The number of thiocarbonyl (C=S) groups is 1. The molecular formula is C21H27N3OS. The molecular weight excluding hydrogens is 342 g/mol. The first-order chi connectivity index (χ1) is 12.7. The fraction of sp³-hybridized carbons (Fsp3) is 0.476. The number of hydrogen-bond donors (Lipinski definition) is 2. The number of hydrogen-bond acceptors (Lipinski definition) is 3. The predicted molar refractivity (Wildman–Crippen MR) is 109 cm³/mol. The molecule has 2 fully saturated rings. The van der Waals surface area contributed by atoms with Gasteiger partial charge in [0.15, 0.2) is 5.11 Å². The Bertz CT molecular complexity index is 731. The lowest BCUT2D eigenvalue weighted by Crippen LogP contribution is -2.50. The largest absolute Gasteiger partial charge is 0.468 e. The van der Waals surface area contributed by atoms with Gasteiger partial charge in [-0.1, -0.05) is 25.1 Å². The lowest BCUT2D eigenvalue weighted by atomic mass is 9.97. The summed E-state index contributed by atoms with van der Waals surface area (Å²) in [5, 5.41) is 7.71. The van der Waals surface area contributed by atoms with Gasteiger partial charge < -0.3 is 15.1 Å². The molecule has 0 aliphatic carbocycles. The van der Waals surface area contributed by atoms with Gasteiger partial charge in [0.2, 0.25) is 0 Å². The van der Waals surface area contributed by atoms with Gasteiger partial charge in [-0.3, -0.25) is 4.90 Å². The first-order valence-corrected chi connectivity index (χ1v) is 10.1. The molecule has 0 amide bonds. The van der Waals surface area contributed by atoms with Crippen molar-refractivity contribution in [2.45, 2.75) is 63.7 Å². The van der Waals surface area contributed by atoms with Gasteiger partial charge in [-0.05, 0) is 68.1 Å².